The number of hydrogen-bond acceptors (Lipinski definition) is 5. The molecule has 0 radical (unpaired) electrons. The number of carbonyl (C=O) groups is 1. The molecule has 5 atom stereocenters. The molecule has 0 spiro atoms. The molecule has 3 aliphatic rings. The highest BCUT2D eigenvalue weighted by Crippen LogP contribution is 2.76. The van der Waals surface area contributed by atoms with Crippen molar-refractivity contribution in [1.29, 1.82) is 0 Å². The summed E-state index contributed by atoms with van der Waals surface area (Å²) in [6, 6.07) is 0. The summed E-state index contributed by atoms with van der Waals surface area (Å²) in [5, 5.41) is 30.9. The van der Waals surface area contributed by atoms with E-state index in [1.807, 2.05) is 13.0 Å². The van der Waals surface area contributed by atoms with Gasteiger partial charge in [0, 0.05) is 17.3 Å². The molecule has 5 heteroatoms. The average Bonchev–Trinajstić information content (AvgIpc) is 2.92. The van der Waals surface area contributed by atoms with Gasteiger partial charge in [0.05, 0.1) is 31.2 Å². The summed E-state index contributed by atoms with van der Waals surface area (Å²) in [7, 11) is 0. The third-order valence-electron chi connectivity index (χ3n) is 6.70. The average molecular weight is 282 g/mol. The number of carbonyl (C=O) groups excluding carboxylic acids is 1. The van der Waals surface area contributed by atoms with E-state index in [0.29, 0.717) is 6.42 Å². The van der Waals surface area contributed by atoms with E-state index < -0.39 is 27.9 Å². The van der Waals surface area contributed by atoms with Crippen LogP contribution in [0.5, 0.6) is 0 Å². The lowest BCUT2D eigenvalue weighted by molar-refractivity contribution is -0.178. The fourth-order valence-electron chi connectivity index (χ4n) is 5.09. The largest absolute Gasteiger partial charge is 0.457 e. The Balaban J connectivity index is 2.31. The molecule has 0 unspecified atom stereocenters. The Morgan fingerprint density at radius 2 is 2.00 bits per heavy atom. The van der Waals surface area contributed by atoms with Crippen LogP contribution in [0.3, 0.4) is 0 Å². The summed E-state index contributed by atoms with van der Waals surface area (Å²) in [6.45, 7) is 4.95. The molecule has 112 valence electrons. The van der Waals surface area contributed by atoms with Gasteiger partial charge in [-0.25, -0.2) is 0 Å². The van der Waals surface area contributed by atoms with Crippen molar-refractivity contribution in [2.75, 3.05) is 13.2 Å². The first kappa shape index (κ1) is 14.0. The Kier molecular flexibility index (Phi) is 2.56. The molecule has 1 heterocycles. The summed E-state index contributed by atoms with van der Waals surface area (Å²) in [4.78, 5) is 11.9. The van der Waals surface area contributed by atoms with Gasteiger partial charge in [0.2, 0.25) is 0 Å². The molecule has 1 saturated heterocycles. The number of esters is 1. The highest BCUT2D eigenvalue weighted by molar-refractivity contribution is 5.77. The first-order valence-corrected chi connectivity index (χ1v) is 7.05. The molecule has 0 aromatic heterocycles. The van der Waals surface area contributed by atoms with Crippen LogP contribution in [0.2, 0.25) is 0 Å². The molecule has 2 fully saturated rings. The van der Waals surface area contributed by atoms with Crippen molar-refractivity contribution >= 4 is 5.97 Å². The van der Waals surface area contributed by atoms with Crippen LogP contribution < -0.4 is 0 Å². The zero-order valence-corrected chi connectivity index (χ0v) is 12.1. The first-order valence-electron chi connectivity index (χ1n) is 7.05. The molecular weight excluding hydrogens is 260 g/mol. The maximum Gasteiger partial charge on any atom is 0.307 e. The minimum atomic E-state index is -0.952. The van der Waals surface area contributed by atoms with Gasteiger partial charge < -0.3 is 20.1 Å². The maximum atomic E-state index is 11.9. The van der Waals surface area contributed by atoms with Crippen molar-refractivity contribution in [3.05, 3.63) is 11.6 Å². The van der Waals surface area contributed by atoms with Crippen LogP contribution in [0.4, 0.5) is 0 Å². The fourth-order valence-corrected chi connectivity index (χ4v) is 5.09. The van der Waals surface area contributed by atoms with E-state index >= 15 is 0 Å². The third kappa shape index (κ3) is 1.01. The minimum absolute atomic E-state index is 0.113. The van der Waals surface area contributed by atoms with Crippen LogP contribution in [-0.4, -0.2) is 46.2 Å². The minimum Gasteiger partial charge on any atom is -0.457 e. The van der Waals surface area contributed by atoms with E-state index in [4.69, 9.17) is 4.74 Å². The van der Waals surface area contributed by atoms with Gasteiger partial charge in [-0.05, 0) is 6.92 Å². The zero-order valence-electron chi connectivity index (χ0n) is 12.1. The van der Waals surface area contributed by atoms with E-state index in [2.05, 4.69) is 0 Å². The highest BCUT2D eigenvalue weighted by atomic mass is 16.6. The van der Waals surface area contributed by atoms with Crippen molar-refractivity contribution in [2.24, 2.45) is 16.2 Å². The lowest BCUT2D eigenvalue weighted by Gasteiger charge is -2.47. The Morgan fingerprint density at radius 3 is 2.55 bits per heavy atom. The van der Waals surface area contributed by atoms with E-state index in [1.54, 1.807) is 13.8 Å². The van der Waals surface area contributed by atoms with Crippen LogP contribution >= 0.6 is 0 Å². The monoisotopic (exact) mass is 282 g/mol. The van der Waals surface area contributed by atoms with E-state index in [-0.39, 0.29) is 25.6 Å². The molecule has 3 N–H and O–H groups in total. The predicted octanol–water partition coefficient (Wildman–Crippen LogP) is 0.380. The Bertz CT molecular complexity index is 514. The predicted molar refractivity (Wildman–Crippen MR) is 70.6 cm³/mol. The fraction of sp³-hybridized carbons (Fsp3) is 0.800. The van der Waals surface area contributed by atoms with Gasteiger partial charge in [-0.2, -0.15) is 0 Å². The van der Waals surface area contributed by atoms with Crippen LogP contribution in [-0.2, 0) is 9.53 Å². The quantitative estimate of drug-likeness (QED) is 0.503. The van der Waals surface area contributed by atoms with Gasteiger partial charge in [0.1, 0.15) is 5.60 Å². The highest BCUT2D eigenvalue weighted by Gasteiger charge is 2.84. The topological polar surface area (TPSA) is 87.0 Å². The summed E-state index contributed by atoms with van der Waals surface area (Å²) < 4.78 is 5.71. The van der Waals surface area contributed by atoms with Gasteiger partial charge in [-0.1, -0.05) is 25.5 Å². The Morgan fingerprint density at radius 1 is 1.35 bits per heavy atom. The Labute approximate surface area is 118 Å². The smallest absolute Gasteiger partial charge is 0.307 e. The van der Waals surface area contributed by atoms with Gasteiger partial charge in [-0.15, -0.1) is 0 Å². The second-order valence-corrected chi connectivity index (χ2v) is 7.01. The molecule has 1 aliphatic heterocycles. The van der Waals surface area contributed by atoms with Gasteiger partial charge in [0.25, 0.3) is 0 Å². The molecule has 2 aliphatic carbocycles. The molecule has 0 aromatic carbocycles. The van der Waals surface area contributed by atoms with E-state index in [1.165, 1.54) is 0 Å². The normalized spacial score (nSPS) is 53.6. The molecule has 0 amide bonds. The van der Waals surface area contributed by atoms with Crippen molar-refractivity contribution in [3.63, 3.8) is 0 Å². The SMILES string of the molecule is CC1=CC[C@]23OC(=O)C[C@]12[C@H](O)[C@](C)(CO)[C@]3(C)CO. The zero-order chi connectivity index (χ0) is 15.0. The van der Waals surface area contributed by atoms with Gasteiger partial charge in [0.15, 0.2) is 0 Å². The van der Waals surface area contributed by atoms with E-state index in [9.17, 15) is 20.1 Å². The van der Waals surface area contributed by atoms with Gasteiger partial charge in [-0.3, -0.25) is 4.79 Å². The number of rotatable bonds is 2. The van der Waals surface area contributed by atoms with Gasteiger partial charge >= 0.3 is 5.97 Å². The molecule has 1 saturated carbocycles. The number of aliphatic hydroxyl groups is 3. The standard InChI is InChI=1S/C15H22O5/c1-9-4-5-15-13(3,8-17)12(2,7-16)11(19)14(9,15)6-10(18)20-15/h4,11,16-17,19H,5-8H2,1-3H3/t11-,12+,13+,14-,15-/m1/s1. The van der Waals surface area contributed by atoms with Crippen molar-refractivity contribution in [1.82, 2.24) is 0 Å². The molecule has 5 nitrogen and oxygen atoms in total. The van der Waals surface area contributed by atoms with Crippen LogP contribution in [0.1, 0.15) is 33.6 Å². The number of hydrogen-bond donors (Lipinski definition) is 3. The van der Waals surface area contributed by atoms with Crippen molar-refractivity contribution < 1.29 is 24.9 Å². The first-order chi connectivity index (χ1) is 9.25. The van der Waals surface area contributed by atoms with Crippen LogP contribution in [0.15, 0.2) is 11.6 Å². The summed E-state index contributed by atoms with van der Waals surface area (Å²) in [5.41, 5.74) is -2.66. The second kappa shape index (κ2) is 3.64. The second-order valence-electron chi connectivity index (χ2n) is 7.01. The molecule has 3 rings (SSSR count). The Hall–Kier alpha value is -0.910. The summed E-state index contributed by atoms with van der Waals surface area (Å²) >= 11 is 0. The van der Waals surface area contributed by atoms with E-state index in [0.717, 1.165) is 5.57 Å². The molecular formula is C15H22O5. The number of aliphatic hydroxyl groups excluding tert-OH is 3. The van der Waals surface area contributed by atoms with Crippen LogP contribution in [0, 0.1) is 16.2 Å². The maximum absolute atomic E-state index is 11.9. The van der Waals surface area contributed by atoms with Crippen LogP contribution in [0.25, 0.3) is 0 Å². The third-order valence-corrected chi connectivity index (χ3v) is 6.70. The lowest BCUT2D eigenvalue weighted by Crippen LogP contribution is -2.55. The van der Waals surface area contributed by atoms with Crippen molar-refractivity contribution in [2.45, 2.75) is 45.3 Å². The summed E-state index contributed by atoms with van der Waals surface area (Å²) in [6.07, 6.45) is 1.65. The molecule has 0 bridgehead atoms. The van der Waals surface area contributed by atoms with Crippen molar-refractivity contribution in [3.8, 4) is 0 Å². The molecule has 0 aromatic rings. The number of ether oxygens (including phenoxy) is 1. The lowest BCUT2D eigenvalue weighted by atomic mass is 9.61. The summed E-state index contributed by atoms with van der Waals surface area (Å²) in [5.74, 6) is -0.337. The molecule has 20 heavy (non-hydrogen) atoms.